The number of nitrogens with zero attached hydrogens (tertiary/aromatic N) is 2. The summed E-state index contributed by atoms with van der Waals surface area (Å²) < 4.78 is 0. The third-order valence-electron chi connectivity index (χ3n) is 2.54. The van der Waals surface area contributed by atoms with Crippen molar-refractivity contribution in [2.45, 2.75) is 26.3 Å². The van der Waals surface area contributed by atoms with Gasteiger partial charge < -0.3 is 5.73 Å². The van der Waals surface area contributed by atoms with Crippen LogP contribution in [0.1, 0.15) is 27.9 Å². The lowest BCUT2D eigenvalue weighted by molar-refractivity contribution is 0.707. The lowest BCUT2D eigenvalue weighted by Gasteiger charge is -2.13. The smallest absolute Gasteiger partial charge is 0.0648 e. The minimum atomic E-state index is 0.00727. The largest absolute Gasteiger partial charge is 0.324 e. The van der Waals surface area contributed by atoms with Crippen LogP contribution in [0.15, 0.2) is 23.6 Å². The number of hydrogen-bond donors (Lipinski definition) is 1. The molecular formula is C12H15N3S. The molecule has 2 rings (SSSR count). The molecule has 84 valence electrons. The van der Waals surface area contributed by atoms with Crippen LogP contribution in [0.2, 0.25) is 0 Å². The second-order valence-corrected chi connectivity index (χ2v) is 4.95. The molecule has 3 nitrogen and oxygen atoms in total. The Morgan fingerprint density at radius 1 is 1.38 bits per heavy atom. The van der Waals surface area contributed by atoms with Crippen LogP contribution in [0.5, 0.6) is 0 Å². The van der Waals surface area contributed by atoms with Crippen molar-refractivity contribution in [3.05, 3.63) is 45.4 Å². The first-order chi connectivity index (χ1) is 7.66. The first-order valence-electron chi connectivity index (χ1n) is 5.25. The Labute approximate surface area is 99.3 Å². The van der Waals surface area contributed by atoms with Gasteiger partial charge in [-0.15, -0.1) is 11.3 Å². The molecule has 0 spiro atoms. The Balaban J connectivity index is 2.20. The molecule has 16 heavy (non-hydrogen) atoms. The van der Waals surface area contributed by atoms with Gasteiger partial charge in [0.2, 0.25) is 0 Å². The quantitative estimate of drug-likeness (QED) is 0.885. The lowest BCUT2D eigenvalue weighted by atomic mass is 10.0. The number of rotatable bonds is 3. The van der Waals surface area contributed by atoms with Gasteiger partial charge in [-0.3, -0.25) is 0 Å². The van der Waals surface area contributed by atoms with Crippen molar-refractivity contribution in [2.75, 3.05) is 0 Å². The zero-order chi connectivity index (χ0) is 11.5. The Morgan fingerprint density at radius 3 is 2.88 bits per heavy atom. The van der Waals surface area contributed by atoms with Gasteiger partial charge in [0.05, 0.1) is 11.4 Å². The van der Waals surface area contributed by atoms with E-state index in [-0.39, 0.29) is 6.04 Å². The van der Waals surface area contributed by atoms with Gasteiger partial charge in [0.15, 0.2) is 0 Å². The van der Waals surface area contributed by atoms with Crippen LogP contribution in [-0.4, -0.2) is 10.2 Å². The van der Waals surface area contributed by atoms with E-state index >= 15 is 0 Å². The molecule has 0 radical (unpaired) electrons. The molecule has 2 heterocycles. The third-order valence-corrected chi connectivity index (χ3v) is 3.44. The van der Waals surface area contributed by atoms with Gasteiger partial charge in [0, 0.05) is 17.3 Å². The van der Waals surface area contributed by atoms with Crippen molar-refractivity contribution >= 4 is 11.3 Å². The highest BCUT2D eigenvalue weighted by molar-refractivity contribution is 7.09. The van der Waals surface area contributed by atoms with Gasteiger partial charge in [-0.2, -0.15) is 10.2 Å². The molecule has 0 aromatic carbocycles. The summed E-state index contributed by atoms with van der Waals surface area (Å²) in [6.07, 6.45) is 0.865. The normalized spacial score (nSPS) is 12.7. The monoisotopic (exact) mass is 233 g/mol. The average molecular weight is 233 g/mol. The van der Waals surface area contributed by atoms with E-state index in [1.165, 1.54) is 4.88 Å². The number of thiophene rings is 1. The van der Waals surface area contributed by atoms with E-state index in [1.807, 2.05) is 19.9 Å². The van der Waals surface area contributed by atoms with Gasteiger partial charge in [-0.1, -0.05) is 6.07 Å². The standard InChI is InChI=1S/C12H15N3S/c1-8-6-11(9(2)15-14-8)12(13)7-10-4-3-5-16-10/h3-6,12H,7,13H2,1-2H3. The Hall–Kier alpha value is -1.26. The van der Waals surface area contributed by atoms with E-state index in [0.717, 1.165) is 23.4 Å². The highest BCUT2D eigenvalue weighted by atomic mass is 32.1. The van der Waals surface area contributed by atoms with E-state index in [0.29, 0.717) is 0 Å². The van der Waals surface area contributed by atoms with Crippen molar-refractivity contribution in [2.24, 2.45) is 5.73 Å². The molecule has 4 heteroatoms. The molecule has 0 aliphatic rings. The minimum Gasteiger partial charge on any atom is -0.324 e. The van der Waals surface area contributed by atoms with Crippen LogP contribution in [0.25, 0.3) is 0 Å². The first-order valence-corrected chi connectivity index (χ1v) is 6.13. The fraction of sp³-hybridized carbons (Fsp3) is 0.333. The maximum atomic E-state index is 6.19. The van der Waals surface area contributed by atoms with Crippen LogP contribution in [0.3, 0.4) is 0 Å². The summed E-state index contributed by atoms with van der Waals surface area (Å²) in [5, 5.41) is 10.2. The Kier molecular flexibility index (Phi) is 3.31. The van der Waals surface area contributed by atoms with Crippen LogP contribution in [0.4, 0.5) is 0 Å². The van der Waals surface area contributed by atoms with Gasteiger partial charge in [0.1, 0.15) is 0 Å². The zero-order valence-corrected chi connectivity index (χ0v) is 10.3. The molecule has 0 fully saturated rings. The molecule has 0 saturated carbocycles. The maximum Gasteiger partial charge on any atom is 0.0648 e. The molecule has 0 amide bonds. The second-order valence-electron chi connectivity index (χ2n) is 3.92. The van der Waals surface area contributed by atoms with Gasteiger partial charge in [-0.05, 0) is 36.9 Å². The third kappa shape index (κ3) is 2.46. The second kappa shape index (κ2) is 4.72. The predicted octanol–water partition coefficient (Wildman–Crippen LogP) is 2.40. The summed E-state index contributed by atoms with van der Waals surface area (Å²) in [4.78, 5) is 1.31. The number of hydrogen-bond acceptors (Lipinski definition) is 4. The summed E-state index contributed by atoms with van der Waals surface area (Å²) in [6, 6.07) is 6.20. The fourth-order valence-corrected chi connectivity index (χ4v) is 2.47. The average Bonchev–Trinajstić information content (AvgIpc) is 2.74. The zero-order valence-electron chi connectivity index (χ0n) is 9.47. The van der Waals surface area contributed by atoms with Crippen LogP contribution in [0, 0.1) is 13.8 Å². The van der Waals surface area contributed by atoms with Gasteiger partial charge in [0.25, 0.3) is 0 Å². The fourth-order valence-electron chi connectivity index (χ4n) is 1.70. The SMILES string of the molecule is Cc1cc(C(N)Cc2cccs2)c(C)nn1. The molecule has 1 unspecified atom stereocenters. The molecule has 2 aromatic heterocycles. The van der Waals surface area contributed by atoms with E-state index in [1.54, 1.807) is 11.3 Å². The number of nitrogens with two attached hydrogens (primary N) is 1. The van der Waals surface area contributed by atoms with Crippen molar-refractivity contribution < 1.29 is 0 Å². The number of aromatic nitrogens is 2. The molecule has 0 saturated heterocycles. The highest BCUT2D eigenvalue weighted by Gasteiger charge is 2.12. The van der Waals surface area contributed by atoms with E-state index in [4.69, 9.17) is 5.73 Å². The van der Waals surface area contributed by atoms with E-state index in [2.05, 4.69) is 27.7 Å². The van der Waals surface area contributed by atoms with Crippen molar-refractivity contribution in [3.63, 3.8) is 0 Å². The van der Waals surface area contributed by atoms with Gasteiger partial charge in [-0.25, -0.2) is 0 Å². The van der Waals surface area contributed by atoms with Crippen LogP contribution in [-0.2, 0) is 6.42 Å². The minimum absolute atomic E-state index is 0.00727. The van der Waals surface area contributed by atoms with Crippen LogP contribution >= 0.6 is 11.3 Å². The molecule has 0 aliphatic heterocycles. The van der Waals surface area contributed by atoms with Gasteiger partial charge >= 0.3 is 0 Å². The first kappa shape index (κ1) is 11.2. The Morgan fingerprint density at radius 2 is 2.19 bits per heavy atom. The van der Waals surface area contributed by atoms with Crippen LogP contribution < -0.4 is 5.73 Å². The predicted molar refractivity (Wildman–Crippen MR) is 66.5 cm³/mol. The molecule has 0 aliphatic carbocycles. The molecule has 2 N–H and O–H groups in total. The maximum absolute atomic E-state index is 6.19. The summed E-state index contributed by atoms with van der Waals surface area (Å²) in [6.45, 7) is 3.89. The summed E-state index contributed by atoms with van der Waals surface area (Å²) >= 11 is 1.74. The molecule has 1 atom stereocenters. The molecular weight excluding hydrogens is 218 g/mol. The summed E-state index contributed by atoms with van der Waals surface area (Å²) in [5.74, 6) is 0. The topological polar surface area (TPSA) is 51.8 Å². The van der Waals surface area contributed by atoms with Crippen molar-refractivity contribution in [3.8, 4) is 0 Å². The molecule has 0 bridgehead atoms. The van der Waals surface area contributed by atoms with E-state index < -0.39 is 0 Å². The highest BCUT2D eigenvalue weighted by Crippen LogP contribution is 2.21. The lowest BCUT2D eigenvalue weighted by Crippen LogP contribution is -2.15. The van der Waals surface area contributed by atoms with Crippen molar-refractivity contribution in [1.29, 1.82) is 0 Å². The number of aryl methyl sites for hydroxylation is 2. The summed E-state index contributed by atoms with van der Waals surface area (Å²) in [5.41, 5.74) is 9.14. The molecule has 2 aromatic rings. The van der Waals surface area contributed by atoms with E-state index in [9.17, 15) is 0 Å². The van der Waals surface area contributed by atoms with Crippen molar-refractivity contribution in [1.82, 2.24) is 10.2 Å². The Bertz CT molecular complexity index is 465. The summed E-state index contributed by atoms with van der Waals surface area (Å²) in [7, 11) is 0.